The van der Waals surface area contributed by atoms with Gasteiger partial charge >= 0.3 is 0 Å². The second-order valence-corrected chi connectivity index (χ2v) is 10.8. The van der Waals surface area contributed by atoms with Gasteiger partial charge in [0.15, 0.2) is 0 Å². The summed E-state index contributed by atoms with van der Waals surface area (Å²) in [6.07, 6.45) is 8.07. The number of carbonyl (C=O) groups is 1. The van der Waals surface area contributed by atoms with Crippen molar-refractivity contribution in [2.24, 2.45) is 5.41 Å². The number of hydrogen-bond acceptors (Lipinski definition) is 4. The quantitative estimate of drug-likeness (QED) is 0.537. The van der Waals surface area contributed by atoms with Crippen LogP contribution in [0.15, 0.2) is 48.8 Å². The Hall–Kier alpha value is -2.70. The average molecular weight is 476 g/mol. The van der Waals surface area contributed by atoms with E-state index in [1.165, 1.54) is 13.1 Å². The minimum Gasteiger partial charge on any atom is -0.341 e. The molecule has 0 unspecified atom stereocenters. The molecule has 0 N–H and O–H groups in total. The molecule has 176 valence electrons. The number of amides is 1. The molecule has 1 amide bonds. The fraction of sp³-hybridized carbons (Fsp3) is 0.444. The van der Waals surface area contributed by atoms with E-state index in [2.05, 4.69) is 26.4 Å². The van der Waals surface area contributed by atoms with Gasteiger partial charge in [-0.15, -0.1) is 0 Å². The summed E-state index contributed by atoms with van der Waals surface area (Å²) in [7, 11) is 2.18. The SMILES string of the molecule is CN1CC2(CCN(C(=O)Cn3c(C4CC4)nc(-c4ccc(Cl)cc4)c3-c3ccncc3)CC2)C1. The lowest BCUT2D eigenvalue weighted by Crippen LogP contribution is -2.59. The number of rotatable bonds is 5. The van der Waals surface area contributed by atoms with Crippen molar-refractivity contribution in [3.05, 3.63) is 59.6 Å². The van der Waals surface area contributed by atoms with E-state index in [1.807, 2.05) is 36.4 Å². The van der Waals surface area contributed by atoms with Crippen LogP contribution in [0.25, 0.3) is 22.5 Å². The number of likely N-dealkylation sites (tertiary alicyclic amines) is 2. The van der Waals surface area contributed by atoms with Gasteiger partial charge in [0.1, 0.15) is 12.4 Å². The van der Waals surface area contributed by atoms with Crippen molar-refractivity contribution < 1.29 is 4.79 Å². The van der Waals surface area contributed by atoms with Gasteiger partial charge in [-0.3, -0.25) is 9.78 Å². The van der Waals surface area contributed by atoms with Crippen molar-refractivity contribution >= 4 is 17.5 Å². The van der Waals surface area contributed by atoms with Crippen molar-refractivity contribution in [1.82, 2.24) is 24.3 Å². The van der Waals surface area contributed by atoms with Crippen LogP contribution in [0.1, 0.15) is 37.4 Å². The predicted octanol–water partition coefficient (Wildman–Crippen LogP) is 4.70. The molecule has 4 heterocycles. The first-order chi connectivity index (χ1) is 16.5. The fourth-order valence-corrected chi connectivity index (χ4v) is 5.90. The maximum atomic E-state index is 13.6. The molecule has 0 atom stereocenters. The van der Waals surface area contributed by atoms with E-state index in [0.717, 1.165) is 67.1 Å². The standard InChI is InChI=1S/C27H30ClN5O/c1-31-17-27(18-31)10-14-32(15-11-27)23(34)16-33-25(20-8-12-29-13-9-20)24(30-26(33)21-2-3-21)19-4-6-22(28)7-5-19/h4-9,12-13,21H,2-3,10-11,14-18H2,1H3. The van der Waals surface area contributed by atoms with Crippen LogP contribution in [0.4, 0.5) is 0 Å². The number of nitrogens with zero attached hydrogens (tertiary/aromatic N) is 5. The third kappa shape index (κ3) is 4.03. The molecule has 6 rings (SSSR count). The smallest absolute Gasteiger partial charge is 0.242 e. The second kappa shape index (κ2) is 8.51. The fourth-order valence-electron chi connectivity index (χ4n) is 5.78. The second-order valence-electron chi connectivity index (χ2n) is 10.3. The number of imidazole rings is 1. The van der Waals surface area contributed by atoms with Gasteiger partial charge in [0.25, 0.3) is 0 Å². The van der Waals surface area contributed by atoms with Crippen LogP contribution in [0.2, 0.25) is 5.02 Å². The Balaban J connectivity index is 1.34. The van der Waals surface area contributed by atoms with Crippen LogP contribution in [0.5, 0.6) is 0 Å². The highest BCUT2D eigenvalue weighted by molar-refractivity contribution is 6.30. The lowest BCUT2D eigenvalue weighted by atomic mass is 9.72. The van der Waals surface area contributed by atoms with E-state index in [0.29, 0.717) is 22.9 Å². The summed E-state index contributed by atoms with van der Waals surface area (Å²) in [5, 5.41) is 0.701. The molecule has 7 heteroatoms. The van der Waals surface area contributed by atoms with Gasteiger partial charge in [0.05, 0.1) is 11.4 Å². The summed E-state index contributed by atoms with van der Waals surface area (Å²) < 4.78 is 2.18. The van der Waals surface area contributed by atoms with Gasteiger partial charge in [-0.1, -0.05) is 23.7 Å². The summed E-state index contributed by atoms with van der Waals surface area (Å²) in [4.78, 5) is 27.3. The van der Waals surface area contributed by atoms with Crippen LogP contribution in [-0.4, -0.2) is 63.5 Å². The third-order valence-electron chi connectivity index (χ3n) is 7.69. The van der Waals surface area contributed by atoms with Gasteiger partial charge in [-0.05, 0) is 62.4 Å². The molecule has 3 aromatic rings. The maximum absolute atomic E-state index is 13.6. The molecule has 1 spiro atoms. The molecule has 1 aliphatic carbocycles. The highest BCUT2D eigenvalue weighted by Crippen LogP contribution is 2.44. The number of hydrogen-bond donors (Lipinski definition) is 0. The van der Waals surface area contributed by atoms with E-state index in [9.17, 15) is 4.79 Å². The zero-order valence-electron chi connectivity index (χ0n) is 19.6. The summed E-state index contributed by atoms with van der Waals surface area (Å²) in [5.74, 6) is 1.64. The van der Waals surface area contributed by atoms with Crippen molar-refractivity contribution in [3.63, 3.8) is 0 Å². The lowest BCUT2D eigenvalue weighted by Gasteiger charge is -2.52. The van der Waals surface area contributed by atoms with E-state index in [-0.39, 0.29) is 5.91 Å². The Morgan fingerprint density at radius 3 is 2.32 bits per heavy atom. The average Bonchev–Trinajstić information content (AvgIpc) is 3.61. The van der Waals surface area contributed by atoms with Crippen LogP contribution < -0.4 is 0 Å². The molecule has 1 saturated carbocycles. The highest BCUT2D eigenvalue weighted by Gasteiger charge is 2.44. The molecule has 2 aliphatic heterocycles. The van der Waals surface area contributed by atoms with Crippen molar-refractivity contribution in [1.29, 1.82) is 0 Å². The maximum Gasteiger partial charge on any atom is 0.242 e. The molecule has 2 saturated heterocycles. The van der Waals surface area contributed by atoms with Crippen molar-refractivity contribution in [2.75, 3.05) is 33.2 Å². The molecule has 3 aliphatic rings. The molecule has 3 fully saturated rings. The van der Waals surface area contributed by atoms with Crippen LogP contribution in [0.3, 0.4) is 0 Å². The van der Waals surface area contributed by atoms with E-state index in [1.54, 1.807) is 12.4 Å². The Morgan fingerprint density at radius 1 is 1.03 bits per heavy atom. The van der Waals surface area contributed by atoms with Gasteiger partial charge in [-0.2, -0.15) is 0 Å². The summed E-state index contributed by atoms with van der Waals surface area (Å²) in [6, 6.07) is 11.8. The topological polar surface area (TPSA) is 54.3 Å². The monoisotopic (exact) mass is 475 g/mol. The largest absolute Gasteiger partial charge is 0.341 e. The Morgan fingerprint density at radius 2 is 1.71 bits per heavy atom. The van der Waals surface area contributed by atoms with Gasteiger partial charge < -0.3 is 14.4 Å². The van der Waals surface area contributed by atoms with Gasteiger partial charge in [-0.25, -0.2) is 4.98 Å². The van der Waals surface area contributed by atoms with Crippen molar-refractivity contribution in [2.45, 2.75) is 38.1 Å². The number of piperidine rings is 1. The number of carbonyl (C=O) groups excluding carboxylic acids is 1. The number of aromatic nitrogens is 3. The summed E-state index contributed by atoms with van der Waals surface area (Å²) in [6.45, 7) is 4.37. The molecule has 0 bridgehead atoms. The Kier molecular flexibility index (Phi) is 5.46. The van der Waals surface area contributed by atoms with Gasteiger partial charge in [0.2, 0.25) is 5.91 Å². The normalized spacial score (nSPS) is 19.9. The summed E-state index contributed by atoms with van der Waals surface area (Å²) in [5.41, 5.74) is 4.38. The zero-order chi connectivity index (χ0) is 23.3. The van der Waals surface area contributed by atoms with Crippen LogP contribution >= 0.6 is 11.6 Å². The lowest BCUT2D eigenvalue weighted by molar-refractivity contribution is -0.136. The highest BCUT2D eigenvalue weighted by atomic mass is 35.5. The first-order valence-electron chi connectivity index (χ1n) is 12.2. The molecular weight excluding hydrogens is 446 g/mol. The zero-order valence-corrected chi connectivity index (χ0v) is 20.3. The number of halogens is 1. The molecule has 0 radical (unpaired) electrons. The van der Waals surface area contributed by atoms with Gasteiger partial charge in [0, 0.05) is 60.6 Å². The third-order valence-corrected chi connectivity index (χ3v) is 7.94. The molecular formula is C27H30ClN5O. The molecule has 2 aromatic heterocycles. The predicted molar refractivity (Wildman–Crippen MR) is 134 cm³/mol. The first-order valence-corrected chi connectivity index (χ1v) is 12.6. The first kappa shape index (κ1) is 21.8. The summed E-state index contributed by atoms with van der Waals surface area (Å²) >= 11 is 6.16. The Bertz CT molecular complexity index is 1190. The minimum atomic E-state index is 0.194. The molecule has 34 heavy (non-hydrogen) atoms. The van der Waals surface area contributed by atoms with E-state index in [4.69, 9.17) is 16.6 Å². The Labute approximate surface area is 205 Å². The van der Waals surface area contributed by atoms with E-state index < -0.39 is 0 Å². The van der Waals surface area contributed by atoms with E-state index >= 15 is 0 Å². The number of benzene rings is 1. The van der Waals surface area contributed by atoms with Crippen molar-refractivity contribution in [3.8, 4) is 22.5 Å². The van der Waals surface area contributed by atoms with Crippen LogP contribution in [-0.2, 0) is 11.3 Å². The molecule has 1 aromatic carbocycles. The molecule has 6 nitrogen and oxygen atoms in total. The number of pyridine rings is 1. The van der Waals surface area contributed by atoms with Crippen LogP contribution in [0, 0.1) is 5.41 Å². The minimum absolute atomic E-state index is 0.194.